The number of methoxy groups -OCH3 is 1. The zero-order valence-electron chi connectivity index (χ0n) is 8.17. The molecule has 0 unspecified atom stereocenters. The summed E-state index contributed by atoms with van der Waals surface area (Å²) in [6, 6.07) is 2.39. The van der Waals surface area contributed by atoms with Gasteiger partial charge in [0.15, 0.2) is 0 Å². The highest BCUT2D eigenvalue weighted by Crippen LogP contribution is 2.21. The van der Waals surface area contributed by atoms with Gasteiger partial charge in [0.1, 0.15) is 11.6 Å². The summed E-state index contributed by atoms with van der Waals surface area (Å²) in [6.07, 6.45) is -0.256. The number of benzene rings is 1. The maximum atomic E-state index is 13.2. The molecule has 3 nitrogen and oxygen atoms in total. The highest BCUT2D eigenvalue weighted by molar-refractivity contribution is 5.70. The lowest BCUT2D eigenvalue weighted by Crippen LogP contribution is -2.19. The van der Waals surface area contributed by atoms with Crippen LogP contribution in [-0.4, -0.2) is 13.1 Å². The number of rotatable bonds is 3. The topological polar surface area (TPSA) is 52.3 Å². The number of carbonyl (C=O) groups excluding carboxylic acids is 1. The van der Waals surface area contributed by atoms with Gasteiger partial charge in [-0.15, -0.1) is 0 Å². The van der Waals surface area contributed by atoms with Crippen LogP contribution in [0, 0.1) is 11.6 Å². The quantitative estimate of drug-likeness (QED) is 0.778. The molecule has 0 aliphatic carbocycles. The molecule has 0 aliphatic heterocycles. The molecular weight excluding hydrogens is 204 g/mol. The van der Waals surface area contributed by atoms with Gasteiger partial charge in [-0.1, -0.05) is 6.07 Å². The molecule has 0 spiro atoms. The van der Waals surface area contributed by atoms with Crippen LogP contribution in [0.4, 0.5) is 8.78 Å². The molecule has 0 fully saturated rings. The first kappa shape index (κ1) is 11.6. The van der Waals surface area contributed by atoms with E-state index in [1.54, 1.807) is 0 Å². The van der Waals surface area contributed by atoms with Gasteiger partial charge in [0.25, 0.3) is 0 Å². The van der Waals surface area contributed by atoms with Crippen LogP contribution in [0.2, 0.25) is 0 Å². The Balaban J connectivity index is 2.90. The molecule has 1 rings (SSSR count). The lowest BCUT2D eigenvalue weighted by Gasteiger charge is -2.12. The summed E-state index contributed by atoms with van der Waals surface area (Å²) in [7, 11) is 1.19. The van der Waals surface area contributed by atoms with E-state index in [-0.39, 0.29) is 12.0 Å². The van der Waals surface area contributed by atoms with Gasteiger partial charge in [-0.2, -0.15) is 0 Å². The number of hydrogen-bond acceptors (Lipinski definition) is 3. The Labute approximate surface area is 85.8 Å². The first-order valence-electron chi connectivity index (χ1n) is 4.32. The molecule has 15 heavy (non-hydrogen) atoms. The average Bonchev–Trinajstić information content (AvgIpc) is 2.17. The van der Waals surface area contributed by atoms with E-state index in [4.69, 9.17) is 5.73 Å². The van der Waals surface area contributed by atoms with Gasteiger partial charge in [-0.3, -0.25) is 4.79 Å². The second kappa shape index (κ2) is 4.84. The molecule has 0 radical (unpaired) electrons. The fourth-order valence-electron chi connectivity index (χ4n) is 1.23. The smallest absolute Gasteiger partial charge is 0.307 e. The van der Waals surface area contributed by atoms with Crippen molar-refractivity contribution < 1.29 is 18.3 Å². The Hall–Kier alpha value is -1.49. The Morgan fingerprint density at radius 2 is 2.00 bits per heavy atom. The van der Waals surface area contributed by atoms with Crippen LogP contribution in [0.1, 0.15) is 18.0 Å². The maximum Gasteiger partial charge on any atom is 0.307 e. The standard InChI is InChI=1S/C10H11F2NO2/c1-15-9(14)5-8(13)10-6(11)3-2-4-7(10)12/h2-4,8H,5,13H2,1H3/t8-/m0/s1. The summed E-state index contributed by atoms with van der Waals surface area (Å²) in [5.41, 5.74) is 5.20. The first-order chi connectivity index (χ1) is 7.06. The highest BCUT2D eigenvalue weighted by atomic mass is 19.1. The van der Waals surface area contributed by atoms with Crippen molar-refractivity contribution in [3.8, 4) is 0 Å². The van der Waals surface area contributed by atoms with Gasteiger partial charge in [-0.25, -0.2) is 8.78 Å². The van der Waals surface area contributed by atoms with Gasteiger partial charge >= 0.3 is 5.97 Å². The third-order valence-electron chi connectivity index (χ3n) is 1.98. The minimum absolute atomic E-state index is 0.256. The molecule has 0 bridgehead atoms. The molecule has 0 saturated carbocycles. The van der Waals surface area contributed by atoms with E-state index in [1.807, 2.05) is 0 Å². The molecule has 1 atom stereocenters. The predicted octanol–water partition coefficient (Wildman–Crippen LogP) is 1.53. The fraction of sp³-hybridized carbons (Fsp3) is 0.300. The molecule has 82 valence electrons. The summed E-state index contributed by atoms with van der Waals surface area (Å²) in [5.74, 6) is -2.12. The van der Waals surface area contributed by atoms with E-state index in [0.29, 0.717) is 0 Å². The lowest BCUT2D eigenvalue weighted by atomic mass is 10.0. The maximum absolute atomic E-state index is 13.2. The van der Waals surface area contributed by atoms with Crippen LogP contribution < -0.4 is 5.73 Å². The second-order valence-electron chi connectivity index (χ2n) is 3.02. The zero-order chi connectivity index (χ0) is 11.4. The number of carbonyl (C=O) groups is 1. The summed E-state index contributed by atoms with van der Waals surface area (Å²) in [5, 5.41) is 0. The van der Waals surface area contributed by atoms with Gasteiger partial charge in [0.2, 0.25) is 0 Å². The summed E-state index contributed by atoms with van der Waals surface area (Å²) in [4.78, 5) is 10.9. The molecule has 5 heteroatoms. The third-order valence-corrected chi connectivity index (χ3v) is 1.98. The van der Waals surface area contributed by atoms with Crippen LogP contribution in [0.3, 0.4) is 0 Å². The van der Waals surface area contributed by atoms with Crippen molar-refractivity contribution >= 4 is 5.97 Å². The van der Waals surface area contributed by atoms with Crippen molar-refractivity contribution in [1.82, 2.24) is 0 Å². The van der Waals surface area contributed by atoms with Crippen LogP contribution in [0.5, 0.6) is 0 Å². The number of halogens is 2. The average molecular weight is 215 g/mol. The normalized spacial score (nSPS) is 12.3. The molecule has 0 aliphatic rings. The van der Waals surface area contributed by atoms with E-state index < -0.39 is 23.6 Å². The predicted molar refractivity (Wildman–Crippen MR) is 49.9 cm³/mol. The summed E-state index contributed by atoms with van der Waals surface area (Å²) in [6.45, 7) is 0. The van der Waals surface area contributed by atoms with Crippen molar-refractivity contribution in [3.63, 3.8) is 0 Å². The van der Waals surface area contributed by atoms with E-state index in [9.17, 15) is 13.6 Å². The minimum Gasteiger partial charge on any atom is -0.469 e. The largest absolute Gasteiger partial charge is 0.469 e. The molecular formula is C10H11F2NO2. The van der Waals surface area contributed by atoms with Gasteiger partial charge in [0, 0.05) is 11.6 Å². The van der Waals surface area contributed by atoms with Crippen molar-refractivity contribution in [2.45, 2.75) is 12.5 Å². The van der Waals surface area contributed by atoms with Crippen LogP contribution >= 0.6 is 0 Å². The van der Waals surface area contributed by atoms with Crippen molar-refractivity contribution in [2.75, 3.05) is 7.11 Å². The monoisotopic (exact) mass is 215 g/mol. The molecule has 0 amide bonds. The zero-order valence-corrected chi connectivity index (χ0v) is 8.17. The van der Waals surface area contributed by atoms with Gasteiger partial charge in [0.05, 0.1) is 13.5 Å². The number of nitrogens with two attached hydrogens (primary N) is 1. The van der Waals surface area contributed by atoms with Crippen molar-refractivity contribution in [2.24, 2.45) is 5.73 Å². The van der Waals surface area contributed by atoms with E-state index >= 15 is 0 Å². The molecule has 0 heterocycles. The fourth-order valence-corrected chi connectivity index (χ4v) is 1.23. The Bertz CT molecular complexity index is 348. The molecule has 0 saturated heterocycles. The summed E-state index contributed by atoms with van der Waals surface area (Å²) < 4.78 is 30.7. The van der Waals surface area contributed by atoms with E-state index in [1.165, 1.54) is 13.2 Å². The van der Waals surface area contributed by atoms with Crippen LogP contribution in [0.15, 0.2) is 18.2 Å². The SMILES string of the molecule is COC(=O)C[C@H](N)c1c(F)cccc1F. The number of esters is 1. The second-order valence-corrected chi connectivity index (χ2v) is 3.02. The van der Waals surface area contributed by atoms with Crippen LogP contribution in [-0.2, 0) is 9.53 Å². The number of ether oxygens (including phenoxy) is 1. The van der Waals surface area contributed by atoms with Crippen LogP contribution in [0.25, 0.3) is 0 Å². The van der Waals surface area contributed by atoms with Crippen molar-refractivity contribution in [1.29, 1.82) is 0 Å². The van der Waals surface area contributed by atoms with E-state index in [0.717, 1.165) is 12.1 Å². The van der Waals surface area contributed by atoms with Gasteiger partial charge in [-0.05, 0) is 12.1 Å². The van der Waals surface area contributed by atoms with Gasteiger partial charge < -0.3 is 10.5 Å². The molecule has 2 N–H and O–H groups in total. The van der Waals surface area contributed by atoms with E-state index in [2.05, 4.69) is 4.74 Å². The molecule has 1 aromatic rings. The Kier molecular flexibility index (Phi) is 3.74. The Morgan fingerprint density at radius 3 is 2.47 bits per heavy atom. The first-order valence-corrected chi connectivity index (χ1v) is 4.32. The Morgan fingerprint density at radius 1 is 1.47 bits per heavy atom. The number of hydrogen-bond donors (Lipinski definition) is 1. The van der Waals surface area contributed by atoms with Crippen molar-refractivity contribution in [3.05, 3.63) is 35.4 Å². The molecule has 0 aromatic heterocycles. The minimum atomic E-state index is -1.03. The third kappa shape index (κ3) is 2.73. The summed E-state index contributed by atoms with van der Waals surface area (Å²) >= 11 is 0. The molecule has 1 aromatic carbocycles. The highest BCUT2D eigenvalue weighted by Gasteiger charge is 2.19. The lowest BCUT2D eigenvalue weighted by molar-refractivity contribution is -0.141.